The fraction of sp³-hybridized carbons (Fsp3) is 0.171. The number of nitrogens with zero attached hydrogens (tertiary/aromatic N) is 4. The molecule has 122 heavy (non-hydrogen) atoms. The summed E-state index contributed by atoms with van der Waals surface area (Å²) >= 11 is 0. The molecular weight excluding hydrogens is 1490 g/mol. The maximum atomic E-state index is 6.33. The number of benzene rings is 8. The molecule has 0 spiro atoms. The molecule has 14 aromatic rings. The number of aromatic amines is 4. The molecule has 0 atom stereocenters. The van der Waals surface area contributed by atoms with Gasteiger partial charge in [0.2, 0.25) is 0 Å². The van der Waals surface area contributed by atoms with Gasteiger partial charge in [-0.05, 0) is 291 Å². The van der Waals surface area contributed by atoms with Crippen LogP contribution in [0, 0.1) is 65.7 Å². The van der Waals surface area contributed by atoms with Crippen LogP contribution in [0.5, 0.6) is 17.2 Å². The lowest BCUT2D eigenvalue weighted by Crippen LogP contribution is -1.97. The van der Waals surface area contributed by atoms with Crippen molar-refractivity contribution in [2.45, 2.75) is 107 Å². The predicted octanol–water partition coefficient (Wildman–Crippen LogP) is 28.1. The van der Waals surface area contributed by atoms with Gasteiger partial charge in [-0.15, -0.1) is 6.42 Å². The van der Waals surface area contributed by atoms with Crippen molar-refractivity contribution in [1.29, 1.82) is 0 Å². The van der Waals surface area contributed by atoms with Crippen molar-refractivity contribution in [2.75, 3.05) is 20.3 Å². The summed E-state index contributed by atoms with van der Waals surface area (Å²) in [6.07, 6.45) is 32.2. The Morgan fingerprint density at radius 1 is 0.270 bits per heavy atom. The molecule has 4 aliphatic rings. The summed E-state index contributed by atoms with van der Waals surface area (Å²) in [5, 5.41) is 0. The van der Waals surface area contributed by atoms with Gasteiger partial charge in [-0.2, -0.15) is 0 Å². The van der Waals surface area contributed by atoms with Crippen molar-refractivity contribution in [1.82, 2.24) is 39.9 Å². The van der Waals surface area contributed by atoms with E-state index in [9.17, 15) is 0 Å². The van der Waals surface area contributed by atoms with E-state index in [2.05, 4.69) is 336 Å². The number of fused-ring (bicyclic) bond motifs is 16. The molecule has 0 aliphatic carbocycles. The van der Waals surface area contributed by atoms with E-state index < -0.39 is 0 Å². The highest BCUT2D eigenvalue weighted by Crippen LogP contribution is 2.45. The van der Waals surface area contributed by atoms with Crippen LogP contribution in [-0.4, -0.2) is 60.2 Å². The summed E-state index contributed by atoms with van der Waals surface area (Å²) in [5.41, 5.74) is 39.4. The van der Waals surface area contributed by atoms with Gasteiger partial charge < -0.3 is 34.1 Å². The van der Waals surface area contributed by atoms with E-state index in [1.807, 2.05) is 24.3 Å². The molecule has 0 radical (unpaired) electrons. The Morgan fingerprint density at radius 2 is 0.508 bits per heavy atom. The lowest BCUT2D eigenvalue weighted by Gasteiger charge is -2.13. The fourth-order valence-corrected chi connectivity index (χ4v) is 17.9. The minimum atomic E-state index is 0.671. The van der Waals surface area contributed by atoms with Gasteiger partial charge in [0.25, 0.3) is 0 Å². The Kier molecular flexibility index (Phi) is 22.2. The predicted molar refractivity (Wildman–Crippen MR) is 509 cm³/mol. The average Bonchev–Trinajstić information content (AvgIpc) is 1.57. The van der Waals surface area contributed by atoms with Crippen LogP contribution in [0.25, 0.3) is 182 Å². The number of ether oxygens (including phenoxy) is 3. The monoisotopic (exact) mass is 1590 g/mol. The second-order valence-corrected chi connectivity index (χ2v) is 32.3. The third kappa shape index (κ3) is 16.0. The number of rotatable bonds is 21. The minimum absolute atomic E-state index is 0.671. The molecule has 0 amide bonds. The lowest BCUT2D eigenvalue weighted by molar-refractivity contribution is 0.305. The summed E-state index contributed by atoms with van der Waals surface area (Å²) in [4.78, 5) is 38.5. The van der Waals surface area contributed by atoms with Gasteiger partial charge in [-0.3, -0.25) is 0 Å². The molecule has 0 fully saturated rings. The van der Waals surface area contributed by atoms with Gasteiger partial charge in [0.1, 0.15) is 17.2 Å². The molecule has 598 valence electrons. The standard InChI is InChI=1S/C111H96N8O3/c1-11-14-16-18-62-121-84-42-36-81(37-43-84)108-90-49-46-86(112-90)104(77-28-22-74(13-3)23-29-77)94-54-58-98(116-94)110(102-70(6)64-68(4)65-71(102)7)99-59-55-95(117-99)105(87-47-50-91(108)113-87)78-30-24-75(25-31-78)20-21-76-26-32-79(33-27-76)106-88-48-51-92(114-88)109(82-38-44-85(45-39-82)122-63-19-17-15-12-2)93-53-52-89(115-93)107(80-34-40-83(120-10)41-35-80)97-57-61-101(119-97)111(100-60-56-96(106)118-100)103-72(8)66-69(5)67-73(103)9/h3,22-61,64-67,113,115-116,118H,11-12,14-19,62-63H2,1-2,4-10H3. The number of aryl methyl sites for hydroxylation is 6. The summed E-state index contributed by atoms with van der Waals surface area (Å²) in [5.74, 6) is 12.4. The second kappa shape index (κ2) is 34.4. The highest BCUT2D eigenvalue weighted by atomic mass is 16.5. The normalized spacial score (nSPS) is 11.9. The third-order valence-corrected chi connectivity index (χ3v) is 23.6. The van der Waals surface area contributed by atoms with E-state index in [1.54, 1.807) is 7.11 Å². The van der Waals surface area contributed by atoms with Crippen molar-refractivity contribution in [2.24, 2.45) is 0 Å². The molecule has 11 nitrogen and oxygen atoms in total. The summed E-state index contributed by atoms with van der Waals surface area (Å²) in [6, 6.07) is 76.9. The third-order valence-electron chi connectivity index (χ3n) is 23.6. The molecule has 11 heteroatoms. The number of H-pyrrole nitrogens is 4. The average molecular weight is 1590 g/mol. The number of aromatic nitrogens is 8. The lowest BCUT2D eigenvalue weighted by atomic mass is 9.92. The van der Waals surface area contributed by atoms with Crippen LogP contribution in [0.4, 0.5) is 0 Å². The molecule has 8 aromatic carbocycles. The number of methoxy groups -OCH3 is 1. The van der Waals surface area contributed by atoms with E-state index in [-0.39, 0.29) is 0 Å². The number of hydrogen-bond donors (Lipinski definition) is 4. The van der Waals surface area contributed by atoms with Crippen LogP contribution in [0.3, 0.4) is 0 Å². The van der Waals surface area contributed by atoms with E-state index in [4.69, 9.17) is 40.6 Å². The molecule has 18 rings (SSSR count). The van der Waals surface area contributed by atoms with E-state index >= 15 is 0 Å². The molecular formula is C111H96N8O3. The number of nitrogens with one attached hydrogen (secondary N) is 4. The first-order valence-corrected chi connectivity index (χ1v) is 42.6. The van der Waals surface area contributed by atoms with Crippen LogP contribution >= 0.6 is 0 Å². The van der Waals surface area contributed by atoms with Crippen LogP contribution in [-0.2, 0) is 0 Å². The van der Waals surface area contributed by atoms with Gasteiger partial charge in [0, 0.05) is 105 Å². The Labute approximate surface area is 713 Å². The zero-order valence-corrected chi connectivity index (χ0v) is 70.6. The summed E-state index contributed by atoms with van der Waals surface area (Å²) in [6.45, 7) is 18.9. The van der Waals surface area contributed by atoms with Gasteiger partial charge in [0.05, 0.1) is 65.9 Å². The highest BCUT2D eigenvalue weighted by molar-refractivity contribution is 6.04. The van der Waals surface area contributed by atoms with Crippen LogP contribution in [0.1, 0.15) is 161 Å². The molecule has 0 saturated heterocycles. The van der Waals surface area contributed by atoms with Gasteiger partial charge in [-0.25, -0.2) is 19.9 Å². The number of unbranched alkanes of at least 4 members (excludes halogenated alkanes) is 6. The van der Waals surface area contributed by atoms with Gasteiger partial charge in [0.15, 0.2) is 0 Å². The first kappa shape index (κ1) is 78.6. The Morgan fingerprint density at radius 3 is 0.762 bits per heavy atom. The SMILES string of the molecule is C#Cc1ccc(-c2c3nc(c(-c4ccc(OCCCCCC)cc4)c4ccc([nH]4)c(-c4ccc(C#Cc5ccc(-c6c7nc(c(-c8ccc(OCCCCCC)cc8)c8ccc([nH]8)c(-c8ccc(OC)cc8)c8nc(c(-c9c(C)cc(C)cc9C)c9ccc6[nH]9)C=C8)C=C7)cc5)cc4)c4nc(c(-c5c(C)cc(C)cc5C)c5ccc2[nH]5)C=C4)C=C3)cc1. The van der Waals surface area contributed by atoms with Crippen molar-refractivity contribution >= 4 is 92.7 Å². The van der Waals surface area contributed by atoms with E-state index in [1.165, 1.54) is 36.8 Å². The van der Waals surface area contributed by atoms with E-state index in [0.717, 1.165) is 261 Å². The molecule has 0 unspecified atom stereocenters. The van der Waals surface area contributed by atoms with Crippen LogP contribution in [0.2, 0.25) is 0 Å². The molecule has 4 aliphatic heterocycles. The number of hydrogen-bond acceptors (Lipinski definition) is 7. The second-order valence-electron chi connectivity index (χ2n) is 32.3. The first-order chi connectivity index (χ1) is 59.7. The van der Waals surface area contributed by atoms with E-state index in [0.29, 0.717) is 13.2 Å². The van der Waals surface area contributed by atoms with Gasteiger partial charge >= 0.3 is 0 Å². The highest BCUT2D eigenvalue weighted by Gasteiger charge is 2.25. The minimum Gasteiger partial charge on any atom is -0.497 e. The molecule has 6 aromatic heterocycles. The molecule has 10 heterocycles. The fourth-order valence-electron chi connectivity index (χ4n) is 17.9. The van der Waals surface area contributed by atoms with Crippen molar-refractivity contribution in [3.8, 4) is 130 Å². The Balaban J connectivity index is 0.769. The zero-order chi connectivity index (χ0) is 83.5. The van der Waals surface area contributed by atoms with Crippen molar-refractivity contribution < 1.29 is 14.2 Å². The topological polar surface area (TPSA) is 142 Å². The number of terminal acetylenes is 1. The maximum absolute atomic E-state index is 6.33. The first-order valence-electron chi connectivity index (χ1n) is 42.6. The Hall–Kier alpha value is -14.5. The van der Waals surface area contributed by atoms with Crippen molar-refractivity contribution in [3.05, 3.63) is 314 Å². The Bertz CT molecular complexity index is 6980. The zero-order valence-electron chi connectivity index (χ0n) is 70.6. The molecule has 4 N–H and O–H groups in total. The summed E-state index contributed by atoms with van der Waals surface area (Å²) < 4.78 is 18.3. The maximum Gasteiger partial charge on any atom is 0.119 e. The largest absolute Gasteiger partial charge is 0.497 e. The summed E-state index contributed by atoms with van der Waals surface area (Å²) in [7, 11) is 1.70. The van der Waals surface area contributed by atoms with Crippen LogP contribution in [0.15, 0.2) is 218 Å². The van der Waals surface area contributed by atoms with Crippen molar-refractivity contribution in [3.63, 3.8) is 0 Å². The molecule has 0 saturated carbocycles. The van der Waals surface area contributed by atoms with Gasteiger partial charge in [-0.1, -0.05) is 178 Å². The quantitative estimate of drug-likeness (QED) is 0.0414. The van der Waals surface area contributed by atoms with Crippen LogP contribution < -0.4 is 14.2 Å². The molecule has 16 bridgehead atoms. The smallest absolute Gasteiger partial charge is 0.119 e.